The maximum absolute atomic E-state index is 5.28. The van der Waals surface area contributed by atoms with E-state index in [1.807, 2.05) is 6.92 Å². The fourth-order valence-electron chi connectivity index (χ4n) is 2.20. The number of hydrogen-bond acceptors (Lipinski definition) is 4. The summed E-state index contributed by atoms with van der Waals surface area (Å²) >= 11 is 0. The molecule has 4 nitrogen and oxygen atoms in total. The van der Waals surface area contributed by atoms with Gasteiger partial charge in [-0.2, -0.15) is 0 Å². The van der Waals surface area contributed by atoms with Crippen LogP contribution in [0.5, 0.6) is 0 Å². The zero-order valence-corrected chi connectivity index (χ0v) is 11.6. The highest BCUT2D eigenvalue weighted by atomic mass is 16.5. The fourth-order valence-corrected chi connectivity index (χ4v) is 2.20. The first-order chi connectivity index (χ1) is 8.36. The molecule has 0 radical (unpaired) electrons. The first kappa shape index (κ1) is 14.9. The molecule has 17 heavy (non-hydrogen) atoms. The summed E-state index contributed by atoms with van der Waals surface area (Å²) in [5, 5.41) is 3.42. The number of nitrogens with zero attached hydrogens (tertiary/aromatic N) is 2. The second-order valence-corrected chi connectivity index (χ2v) is 4.63. The summed E-state index contributed by atoms with van der Waals surface area (Å²) in [6.45, 7) is 15.4. The third kappa shape index (κ3) is 6.99. The summed E-state index contributed by atoms with van der Waals surface area (Å²) in [7, 11) is 0. The van der Waals surface area contributed by atoms with Crippen molar-refractivity contribution < 1.29 is 4.74 Å². The molecule has 0 spiro atoms. The van der Waals surface area contributed by atoms with E-state index < -0.39 is 0 Å². The Balaban J connectivity index is 1.91. The molecule has 0 saturated carbocycles. The van der Waals surface area contributed by atoms with Crippen LogP contribution in [-0.2, 0) is 4.74 Å². The molecule has 0 atom stereocenters. The second-order valence-electron chi connectivity index (χ2n) is 4.63. The van der Waals surface area contributed by atoms with Gasteiger partial charge in [-0.25, -0.2) is 0 Å². The van der Waals surface area contributed by atoms with E-state index in [0.29, 0.717) is 0 Å². The first-order valence-electron chi connectivity index (χ1n) is 7.10. The summed E-state index contributed by atoms with van der Waals surface area (Å²) < 4.78 is 5.28. The summed E-state index contributed by atoms with van der Waals surface area (Å²) in [4.78, 5) is 5.12. The van der Waals surface area contributed by atoms with Gasteiger partial charge >= 0.3 is 0 Å². The highest BCUT2D eigenvalue weighted by molar-refractivity contribution is 4.71. The van der Waals surface area contributed by atoms with Crippen molar-refractivity contribution in [1.82, 2.24) is 15.1 Å². The maximum atomic E-state index is 5.28. The van der Waals surface area contributed by atoms with Crippen LogP contribution in [0.3, 0.4) is 0 Å². The Bertz CT molecular complexity index is 170. The van der Waals surface area contributed by atoms with Gasteiger partial charge in [0.25, 0.3) is 0 Å². The number of nitrogens with one attached hydrogen (secondary N) is 1. The Morgan fingerprint density at radius 1 is 0.941 bits per heavy atom. The molecule has 0 unspecified atom stereocenters. The zero-order valence-electron chi connectivity index (χ0n) is 11.6. The molecule has 0 amide bonds. The minimum atomic E-state index is 0.821. The molecule has 1 N–H and O–H groups in total. The molecule has 1 heterocycles. The van der Waals surface area contributed by atoms with Gasteiger partial charge in [-0.15, -0.1) is 0 Å². The molecule has 102 valence electrons. The van der Waals surface area contributed by atoms with E-state index in [9.17, 15) is 0 Å². The van der Waals surface area contributed by atoms with E-state index in [1.165, 1.54) is 45.7 Å². The Morgan fingerprint density at radius 2 is 1.59 bits per heavy atom. The first-order valence-corrected chi connectivity index (χ1v) is 7.10. The van der Waals surface area contributed by atoms with Crippen molar-refractivity contribution >= 4 is 0 Å². The monoisotopic (exact) mass is 243 g/mol. The van der Waals surface area contributed by atoms with Crippen LogP contribution in [0.25, 0.3) is 0 Å². The van der Waals surface area contributed by atoms with Crippen molar-refractivity contribution in [1.29, 1.82) is 0 Å². The van der Waals surface area contributed by atoms with Crippen molar-refractivity contribution in [3.05, 3.63) is 0 Å². The van der Waals surface area contributed by atoms with Gasteiger partial charge in [-0.3, -0.25) is 4.90 Å². The molecule has 1 saturated heterocycles. The normalized spacial score (nSPS) is 18.7. The average Bonchev–Trinajstić information content (AvgIpc) is 2.36. The van der Waals surface area contributed by atoms with E-state index in [0.717, 1.165) is 26.3 Å². The molecular formula is C13H29N3O. The van der Waals surface area contributed by atoms with Gasteiger partial charge in [-0.05, 0) is 19.9 Å². The molecule has 0 aliphatic carbocycles. The minimum Gasteiger partial charge on any atom is -0.380 e. The smallest absolute Gasteiger partial charge is 0.0590 e. The van der Waals surface area contributed by atoms with Gasteiger partial charge in [0.1, 0.15) is 0 Å². The number of hydrogen-bond donors (Lipinski definition) is 1. The Kier molecular flexibility index (Phi) is 8.61. The highest BCUT2D eigenvalue weighted by Gasteiger charge is 2.14. The number of rotatable bonds is 9. The standard InChI is InChI=1S/C13H29N3O/c1-3-7-15-9-11-16(12-10-15)8-5-14-6-13-17-4-2/h14H,3-13H2,1-2H3. The number of piperazine rings is 1. The predicted molar refractivity (Wildman–Crippen MR) is 72.5 cm³/mol. The summed E-state index contributed by atoms with van der Waals surface area (Å²) in [6, 6.07) is 0. The van der Waals surface area contributed by atoms with Crippen LogP contribution in [0.1, 0.15) is 20.3 Å². The molecule has 0 aromatic rings. The van der Waals surface area contributed by atoms with Gasteiger partial charge in [0.2, 0.25) is 0 Å². The lowest BCUT2D eigenvalue weighted by molar-refractivity contribution is 0.129. The average molecular weight is 243 g/mol. The Hall–Kier alpha value is -0.160. The molecular weight excluding hydrogens is 214 g/mol. The molecule has 1 aliphatic rings. The van der Waals surface area contributed by atoms with Gasteiger partial charge in [0.15, 0.2) is 0 Å². The van der Waals surface area contributed by atoms with Crippen LogP contribution in [0.2, 0.25) is 0 Å². The molecule has 1 fully saturated rings. The van der Waals surface area contributed by atoms with Gasteiger partial charge in [0.05, 0.1) is 6.61 Å². The van der Waals surface area contributed by atoms with E-state index in [4.69, 9.17) is 4.74 Å². The fraction of sp³-hybridized carbons (Fsp3) is 1.00. The van der Waals surface area contributed by atoms with Crippen molar-refractivity contribution in [2.24, 2.45) is 0 Å². The Labute approximate surface area is 106 Å². The van der Waals surface area contributed by atoms with Crippen LogP contribution in [0.4, 0.5) is 0 Å². The number of ether oxygens (including phenoxy) is 1. The van der Waals surface area contributed by atoms with E-state index in [2.05, 4.69) is 22.0 Å². The molecule has 0 bridgehead atoms. The minimum absolute atomic E-state index is 0.821. The van der Waals surface area contributed by atoms with Gasteiger partial charge in [-0.1, -0.05) is 6.92 Å². The van der Waals surface area contributed by atoms with E-state index in [1.54, 1.807) is 0 Å². The van der Waals surface area contributed by atoms with Crippen molar-refractivity contribution in [3.63, 3.8) is 0 Å². The second kappa shape index (κ2) is 9.83. The van der Waals surface area contributed by atoms with Crippen molar-refractivity contribution in [2.75, 3.05) is 65.6 Å². The van der Waals surface area contributed by atoms with E-state index >= 15 is 0 Å². The summed E-state index contributed by atoms with van der Waals surface area (Å²) in [5.41, 5.74) is 0. The van der Waals surface area contributed by atoms with Gasteiger partial charge < -0.3 is 15.0 Å². The van der Waals surface area contributed by atoms with Crippen molar-refractivity contribution in [2.45, 2.75) is 20.3 Å². The van der Waals surface area contributed by atoms with Crippen LogP contribution >= 0.6 is 0 Å². The third-order valence-corrected chi connectivity index (χ3v) is 3.24. The Morgan fingerprint density at radius 3 is 2.18 bits per heavy atom. The summed E-state index contributed by atoms with van der Waals surface area (Å²) in [6.07, 6.45) is 1.28. The predicted octanol–water partition coefficient (Wildman–Crippen LogP) is 0.640. The lowest BCUT2D eigenvalue weighted by atomic mass is 10.3. The van der Waals surface area contributed by atoms with Crippen LogP contribution in [0, 0.1) is 0 Å². The molecule has 4 heteroatoms. The molecule has 1 rings (SSSR count). The topological polar surface area (TPSA) is 27.7 Å². The van der Waals surface area contributed by atoms with E-state index in [-0.39, 0.29) is 0 Å². The SMILES string of the molecule is CCCN1CCN(CCNCCOCC)CC1. The third-order valence-electron chi connectivity index (χ3n) is 3.24. The van der Waals surface area contributed by atoms with Crippen molar-refractivity contribution in [3.8, 4) is 0 Å². The van der Waals surface area contributed by atoms with Crippen LogP contribution in [-0.4, -0.2) is 75.4 Å². The molecule has 0 aromatic heterocycles. The largest absolute Gasteiger partial charge is 0.380 e. The highest BCUT2D eigenvalue weighted by Crippen LogP contribution is 2.01. The molecule has 1 aliphatic heterocycles. The summed E-state index contributed by atoms with van der Waals surface area (Å²) in [5.74, 6) is 0. The van der Waals surface area contributed by atoms with Crippen LogP contribution < -0.4 is 5.32 Å². The zero-order chi connectivity index (χ0) is 12.3. The molecule has 0 aromatic carbocycles. The van der Waals surface area contributed by atoms with Crippen LogP contribution in [0.15, 0.2) is 0 Å². The quantitative estimate of drug-likeness (QED) is 0.602. The lowest BCUT2D eigenvalue weighted by Gasteiger charge is -2.34. The lowest BCUT2D eigenvalue weighted by Crippen LogP contribution is -2.48. The van der Waals surface area contributed by atoms with Gasteiger partial charge in [0, 0.05) is 52.4 Å². The maximum Gasteiger partial charge on any atom is 0.0590 e.